The van der Waals surface area contributed by atoms with Gasteiger partial charge in [0.1, 0.15) is 11.6 Å². The Kier molecular flexibility index (Phi) is 5.32. The van der Waals surface area contributed by atoms with Crippen LogP contribution in [0.1, 0.15) is 35.8 Å². The SMILES string of the molecule is COc1cccc(CN2CCCC(c3nccn3Cc3cscn3)C2)c1. The van der Waals surface area contributed by atoms with Crippen LogP contribution in [-0.2, 0) is 13.1 Å². The monoisotopic (exact) mass is 368 g/mol. The van der Waals surface area contributed by atoms with Gasteiger partial charge in [0.2, 0.25) is 0 Å². The van der Waals surface area contributed by atoms with Crippen LogP contribution < -0.4 is 4.74 Å². The molecule has 1 atom stereocenters. The molecular formula is C20H24N4OS. The molecule has 26 heavy (non-hydrogen) atoms. The molecule has 1 fully saturated rings. The summed E-state index contributed by atoms with van der Waals surface area (Å²) in [6.45, 7) is 3.96. The van der Waals surface area contributed by atoms with Gasteiger partial charge in [-0.25, -0.2) is 9.97 Å². The molecule has 0 N–H and O–H groups in total. The molecule has 0 amide bonds. The average molecular weight is 369 g/mol. The number of rotatable bonds is 6. The summed E-state index contributed by atoms with van der Waals surface area (Å²) in [4.78, 5) is 11.6. The van der Waals surface area contributed by atoms with E-state index in [1.54, 1.807) is 18.4 Å². The van der Waals surface area contributed by atoms with Crippen LogP contribution in [0.15, 0.2) is 47.5 Å². The van der Waals surface area contributed by atoms with Crippen molar-refractivity contribution in [2.45, 2.75) is 31.8 Å². The molecule has 3 aromatic rings. The molecule has 1 aliphatic rings. The summed E-state index contributed by atoms with van der Waals surface area (Å²) >= 11 is 1.64. The third-order valence-corrected chi connectivity index (χ3v) is 5.61. The third kappa shape index (κ3) is 3.97. The summed E-state index contributed by atoms with van der Waals surface area (Å²) in [5, 5.41) is 2.11. The fourth-order valence-corrected chi connectivity index (χ4v) is 4.29. The van der Waals surface area contributed by atoms with Gasteiger partial charge >= 0.3 is 0 Å². The molecule has 1 aromatic carbocycles. The summed E-state index contributed by atoms with van der Waals surface area (Å²) in [5.74, 6) is 2.59. The minimum absolute atomic E-state index is 0.475. The van der Waals surface area contributed by atoms with Crippen molar-refractivity contribution in [2.75, 3.05) is 20.2 Å². The fourth-order valence-electron chi connectivity index (χ4n) is 3.74. The van der Waals surface area contributed by atoms with Crippen LogP contribution in [0, 0.1) is 0 Å². The number of piperidine rings is 1. The topological polar surface area (TPSA) is 43.2 Å². The highest BCUT2D eigenvalue weighted by Crippen LogP contribution is 2.27. The first kappa shape index (κ1) is 17.2. The van der Waals surface area contributed by atoms with E-state index in [1.165, 1.54) is 24.2 Å². The van der Waals surface area contributed by atoms with E-state index < -0.39 is 0 Å². The Hall–Kier alpha value is -2.18. The normalized spacial score (nSPS) is 18.1. The maximum absolute atomic E-state index is 5.35. The summed E-state index contributed by atoms with van der Waals surface area (Å²) < 4.78 is 7.61. The second-order valence-corrected chi connectivity index (χ2v) is 7.54. The Morgan fingerprint density at radius 3 is 3.08 bits per heavy atom. The molecule has 6 heteroatoms. The first-order valence-electron chi connectivity index (χ1n) is 9.05. The van der Waals surface area contributed by atoms with E-state index in [9.17, 15) is 0 Å². The molecule has 0 saturated carbocycles. The number of benzene rings is 1. The van der Waals surface area contributed by atoms with E-state index in [0.29, 0.717) is 5.92 Å². The number of aromatic nitrogens is 3. The van der Waals surface area contributed by atoms with Crippen molar-refractivity contribution in [3.63, 3.8) is 0 Å². The van der Waals surface area contributed by atoms with E-state index in [4.69, 9.17) is 4.74 Å². The van der Waals surface area contributed by atoms with Gasteiger partial charge in [-0.15, -0.1) is 11.3 Å². The number of imidazole rings is 1. The Morgan fingerprint density at radius 2 is 2.23 bits per heavy atom. The van der Waals surface area contributed by atoms with Crippen LogP contribution in [0.4, 0.5) is 0 Å². The van der Waals surface area contributed by atoms with Crippen LogP contribution in [0.5, 0.6) is 5.75 Å². The van der Waals surface area contributed by atoms with Crippen molar-refractivity contribution >= 4 is 11.3 Å². The molecule has 3 heterocycles. The van der Waals surface area contributed by atoms with E-state index >= 15 is 0 Å². The summed E-state index contributed by atoms with van der Waals surface area (Å²) in [7, 11) is 1.72. The lowest BCUT2D eigenvalue weighted by Crippen LogP contribution is -2.35. The van der Waals surface area contributed by atoms with Crippen LogP contribution in [0.3, 0.4) is 0 Å². The van der Waals surface area contributed by atoms with Crippen LogP contribution in [0.25, 0.3) is 0 Å². The highest BCUT2D eigenvalue weighted by molar-refractivity contribution is 7.07. The van der Waals surface area contributed by atoms with Gasteiger partial charge in [0.05, 0.1) is 24.9 Å². The Balaban J connectivity index is 1.44. The summed E-state index contributed by atoms with van der Waals surface area (Å²) in [5.41, 5.74) is 4.30. The zero-order chi connectivity index (χ0) is 17.8. The Labute approximate surface area is 158 Å². The molecule has 0 bridgehead atoms. The van der Waals surface area contributed by atoms with Crippen LogP contribution >= 0.6 is 11.3 Å². The Bertz CT molecular complexity index is 830. The molecule has 4 rings (SSSR count). The molecule has 0 radical (unpaired) electrons. The molecule has 5 nitrogen and oxygen atoms in total. The quantitative estimate of drug-likeness (QED) is 0.664. The van der Waals surface area contributed by atoms with Crippen molar-refractivity contribution in [1.82, 2.24) is 19.4 Å². The van der Waals surface area contributed by atoms with Crippen molar-refractivity contribution in [3.8, 4) is 5.75 Å². The molecule has 1 saturated heterocycles. The molecule has 1 aliphatic heterocycles. The Morgan fingerprint density at radius 1 is 1.27 bits per heavy atom. The number of likely N-dealkylation sites (tertiary alicyclic amines) is 1. The molecule has 0 spiro atoms. The first-order valence-corrected chi connectivity index (χ1v) is 9.99. The third-order valence-electron chi connectivity index (χ3n) is 4.97. The van der Waals surface area contributed by atoms with Gasteiger partial charge in [0, 0.05) is 36.8 Å². The highest BCUT2D eigenvalue weighted by Gasteiger charge is 2.25. The van der Waals surface area contributed by atoms with Gasteiger partial charge in [-0.1, -0.05) is 12.1 Å². The van der Waals surface area contributed by atoms with Gasteiger partial charge in [-0.2, -0.15) is 0 Å². The van der Waals surface area contributed by atoms with E-state index in [-0.39, 0.29) is 0 Å². The van der Waals surface area contributed by atoms with Gasteiger partial charge < -0.3 is 9.30 Å². The number of hydrogen-bond acceptors (Lipinski definition) is 5. The zero-order valence-electron chi connectivity index (χ0n) is 15.0. The van der Waals surface area contributed by atoms with Crippen molar-refractivity contribution in [1.29, 1.82) is 0 Å². The maximum Gasteiger partial charge on any atom is 0.119 e. The lowest BCUT2D eigenvalue weighted by Gasteiger charge is -2.32. The second kappa shape index (κ2) is 8.01. The minimum atomic E-state index is 0.475. The number of thiazole rings is 1. The molecule has 2 aromatic heterocycles. The molecule has 136 valence electrons. The van der Waals surface area contributed by atoms with Crippen molar-refractivity contribution in [3.05, 3.63) is 64.6 Å². The highest BCUT2D eigenvalue weighted by atomic mass is 32.1. The summed E-state index contributed by atoms with van der Waals surface area (Å²) in [6, 6.07) is 8.37. The van der Waals surface area contributed by atoms with Gasteiger partial charge in [-0.3, -0.25) is 4.90 Å². The van der Waals surface area contributed by atoms with Gasteiger partial charge in [0.15, 0.2) is 0 Å². The number of ether oxygens (including phenoxy) is 1. The average Bonchev–Trinajstić information content (AvgIpc) is 3.34. The fraction of sp³-hybridized carbons (Fsp3) is 0.400. The second-order valence-electron chi connectivity index (χ2n) is 6.82. The molecular weight excluding hydrogens is 344 g/mol. The molecule has 1 unspecified atom stereocenters. The molecule has 0 aliphatic carbocycles. The number of nitrogens with zero attached hydrogens (tertiary/aromatic N) is 4. The summed E-state index contributed by atoms with van der Waals surface area (Å²) in [6.07, 6.45) is 6.40. The van der Waals surface area contributed by atoms with E-state index in [2.05, 4.69) is 49.2 Å². The first-order chi connectivity index (χ1) is 12.8. The predicted molar refractivity (Wildman–Crippen MR) is 104 cm³/mol. The van der Waals surface area contributed by atoms with Crippen LogP contribution in [0.2, 0.25) is 0 Å². The smallest absolute Gasteiger partial charge is 0.119 e. The van der Waals surface area contributed by atoms with Crippen molar-refractivity contribution < 1.29 is 4.74 Å². The predicted octanol–water partition coefficient (Wildman–Crippen LogP) is 3.78. The van der Waals surface area contributed by atoms with E-state index in [0.717, 1.165) is 37.6 Å². The van der Waals surface area contributed by atoms with Gasteiger partial charge in [-0.05, 0) is 37.1 Å². The zero-order valence-corrected chi connectivity index (χ0v) is 15.9. The van der Waals surface area contributed by atoms with Crippen molar-refractivity contribution in [2.24, 2.45) is 0 Å². The number of methoxy groups -OCH3 is 1. The lowest BCUT2D eigenvalue weighted by atomic mass is 9.96. The van der Waals surface area contributed by atoms with Crippen LogP contribution in [-0.4, -0.2) is 39.6 Å². The minimum Gasteiger partial charge on any atom is -0.497 e. The van der Waals surface area contributed by atoms with E-state index in [1.807, 2.05) is 17.8 Å². The maximum atomic E-state index is 5.35. The number of hydrogen-bond donors (Lipinski definition) is 0. The van der Waals surface area contributed by atoms with Gasteiger partial charge in [0.25, 0.3) is 0 Å². The lowest BCUT2D eigenvalue weighted by molar-refractivity contribution is 0.194. The standard InChI is InChI=1S/C20H24N4OS/c1-25-19-6-2-4-16(10-19)11-23-8-3-5-17(12-23)20-21-7-9-24(20)13-18-14-26-15-22-18/h2,4,6-7,9-10,14-15,17H,3,5,8,11-13H2,1H3. The largest absolute Gasteiger partial charge is 0.497 e.